The van der Waals surface area contributed by atoms with E-state index in [1.807, 2.05) is 18.2 Å². The lowest BCUT2D eigenvalue weighted by atomic mass is 9.75. The minimum absolute atomic E-state index is 0.0974. The fraction of sp³-hybridized carbons (Fsp3) is 0.344. The first kappa shape index (κ1) is 28.5. The van der Waals surface area contributed by atoms with Crippen molar-refractivity contribution in [1.82, 2.24) is 0 Å². The number of para-hydroxylation sites is 1. The lowest BCUT2D eigenvalue weighted by Gasteiger charge is -2.31. The van der Waals surface area contributed by atoms with Gasteiger partial charge in [-0.25, -0.2) is 0 Å². The Hall–Kier alpha value is -3.07. The van der Waals surface area contributed by atoms with Gasteiger partial charge in [0.15, 0.2) is 0 Å². The van der Waals surface area contributed by atoms with Gasteiger partial charge in [0, 0.05) is 29.6 Å². The number of benzene rings is 2. The Morgan fingerprint density at radius 3 is 2.65 bits per heavy atom. The average molecular weight is 578 g/mol. The number of allylic oxidation sites excluding steroid dienone is 4. The third-order valence-electron chi connectivity index (χ3n) is 7.39. The van der Waals surface area contributed by atoms with Gasteiger partial charge in [0.2, 0.25) is 11.2 Å². The summed E-state index contributed by atoms with van der Waals surface area (Å²) in [5.74, 6) is 0.609. The molecule has 0 atom stereocenters. The highest BCUT2D eigenvalue weighted by Gasteiger charge is 2.29. The molecule has 0 saturated heterocycles. The van der Waals surface area contributed by atoms with Gasteiger partial charge in [0.25, 0.3) is 10.1 Å². The Balaban J connectivity index is 1.50. The highest BCUT2D eigenvalue weighted by atomic mass is 32.2. The first-order valence-corrected chi connectivity index (χ1v) is 16.1. The maximum Gasteiger partial charge on any atom is 0.264 e. The number of aryl methyl sites for hydroxylation is 1. The molecule has 210 valence electrons. The van der Waals surface area contributed by atoms with Crippen LogP contribution < -0.4 is 14.2 Å². The zero-order valence-corrected chi connectivity index (χ0v) is 25.2. The number of aromatic nitrogens is 1. The lowest BCUT2D eigenvalue weighted by molar-refractivity contribution is -0.669. The molecule has 0 bridgehead atoms. The third-order valence-corrected chi connectivity index (χ3v) is 9.30. The largest absolute Gasteiger partial charge is 0.497 e. The molecular formula is C32H37N2O4S2+. The number of fused-ring (bicyclic) bond motifs is 2. The number of rotatable bonds is 8. The monoisotopic (exact) mass is 577 g/mol. The summed E-state index contributed by atoms with van der Waals surface area (Å²) in [6, 6.07) is 18.8. The first-order valence-electron chi connectivity index (χ1n) is 13.7. The molecule has 1 N–H and O–H groups in total. The van der Waals surface area contributed by atoms with E-state index in [1.165, 1.54) is 22.4 Å². The SMILES string of the molecule is CC[n+]1c(/C=C2C=C(/C=C3/Sc4ccccc4N3CCCS(=O)(=O)O)CC(C)(C)C/2)ccc2cc(OC)ccc21. The minimum Gasteiger partial charge on any atom is -0.497 e. The number of methoxy groups -OCH3 is 1. The molecule has 6 nitrogen and oxygen atoms in total. The number of hydrogen-bond donors (Lipinski definition) is 1. The topological polar surface area (TPSA) is 70.7 Å². The van der Waals surface area contributed by atoms with Crippen molar-refractivity contribution in [3.05, 3.63) is 88.6 Å². The van der Waals surface area contributed by atoms with Crippen molar-refractivity contribution >= 4 is 44.5 Å². The van der Waals surface area contributed by atoms with Gasteiger partial charge in [-0.2, -0.15) is 13.0 Å². The Labute approximate surface area is 241 Å². The van der Waals surface area contributed by atoms with E-state index < -0.39 is 10.1 Å². The third kappa shape index (κ3) is 6.45. The molecule has 5 rings (SSSR count). The quantitative estimate of drug-likeness (QED) is 0.229. The molecule has 0 amide bonds. The number of ether oxygens (including phenoxy) is 1. The second-order valence-corrected chi connectivity index (χ2v) is 13.9. The molecule has 40 heavy (non-hydrogen) atoms. The Bertz CT molecular complexity index is 1640. The van der Waals surface area contributed by atoms with Gasteiger partial charge < -0.3 is 9.64 Å². The standard InChI is InChI=1S/C32H36N2O4S2/c1-5-33-26(12-11-25-20-27(38-4)13-14-28(25)33)18-23-17-24(22-32(2,3)21-23)19-31-34(15-8-16-40(35,36)37)29-9-6-7-10-30(29)39-31/h6-7,9-14,17-20H,5,8,15-16,21-22H2,1-4H3/p+1. The molecule has 2 heterocycles. The predicted molar refractivity (Wildman–Crippen MR) is 164 cm³/mol. The normalized spacial score (nSPS) is 18.8. The highest BCUT2D eigenvalue weighted by Crippen LogP contribution is 2.47. The molecule has 1 aromatic heterocycles. The van der Waals surface area contributed by atoms with Gasteiger partial charge in [-0.3, -0.25) is 4.55 Å². The van der Waals surface area contributed by atoms with Crippen molar-refractivity contribution in [2.45, 2.75) is 51.5 Å². The molecule has 0 unspecified atom stereocenters. The predicted octanol–water partition coefficient (Wildman–Crippen LogP) is 7.02. The van der Waals surface area contributed by atoms with Gasteiger partial charge in [0.05, 0.1) is 29.0 Å². The van der Waals surface area contributed by atoms with Crippen LogP contribution in [0.2, 0.25) is 0 Å². The van der Waals surface area contributed by atoms with Crippen molar-refractivity contribution in [2.75, 3.05) is 24.3 Å². The average Bonchev–Trinajstić information content (AvgIpc) is 3.23. The summed E-state index contributed by atoms with van der Waals surface area (Å²) >= 11 is 1.71. The molecule has 8 heteroatoms. The van der Waals surface area contributed by atoms with E-state index in [0.717, 1.165) is 46.1 Å². The second-order valence-electron chi connectivity index (χ2n) is 11.2. The summed E-state index contributed by atoms with van der Waals surface area (Å²) in [6.07, 6.45) is 9.17. The van der Waals surface area contributed by atoms with E-state index in [4.69, 9.17) is 4.74 Å². The number of hydrogen-bond acceptors (Lipinski definition) is 5. The van der Waals surface area contributed by atoms with Crippen molar-refractivity contribution in [3.8, 4) is 5.75 Å². The highest BCUT2D eigenvalue weighted by molar-refractivity contribution is 8.03. The van der Waals surface area contributed by atoms with Crippen LogP contribution in [-0.4, -0.2) is 32.4 Å². The summed E-state index contributed by atoms with van der Waals surface area (Å²) in [4.78, 5) is 3.34. The minimum atomic E-state index is -3.99. The summed E-state index contributed by atoms with van der Waals surface area (Å²) < 4.78 is 39.7. The smallest absolute Gasteiger partial charge is 0.264 e. The maximum atomic E-state index is 11.3. The van der Waals surface area contributed by atoms with E-state index >= 15 is 0 Å². The maximum absolute atomic E-state index is 11.3. The molecule has 0 radical (unpaired) electrons. The van der Waals surface area contributed by atoms with Crippen LogP contribution in [0.4, 0.5) is 5.69 Å². The van der Waals surface area contributed by atoms with Gasteiger partial charge in [-0.1, -0.05) is 43.8 Å². The zero-order valence-electron chi connectivity index (χ0n) is 23.6. The fourth-order valence-electron chi connectivity index (χ4n) is 5.76. The van der Waals surface area contributed by atoms with Crippen molar-refractivity contribution in [2.24, 2.45) is 5.41 Å². The van der Waals surface area contributed by atoms with E-state index in [1.54, 1.807) is 18.9 Å². The number of nitrogens with zero attached hydrogens (tertiary/aromatic N) is 2. The number of pyridine rings is 1. The van der Waals surface area contributed by atoms with Gasteiger partial charge in [0.1, 0.15) is 12.3 Å². The molecule has 0 fully saturated rings. The van der Waals surface area contributed by atoms with Crippen molar-refractivity contribution < 1.29 is 22.3 Å². The summed E-state index contributed by atoms with van der Waals surface area (Å²) in [6.45, 7) is 8.18. The molecule has 0 saturated carbocycles. The van der Waals surface area contributed by atoms with Crippen LogP contribution in [0.5, 0.6) is 5.75 Å². The van der Waals surface area contributed by atoms with Crippen LogP contribution in [0.3, 0.4) is 0 Å². The van der Waals surface area contributed by atoms with Crippen LogP contribution in [0.1, 0.15) is 45.7 Å². The van der Waals surface area contributed by atoms with Crippen LogP contribution in [0.15, 0.2) is 87.8 Å². The van der Waals surface area contributed by atoms with Crippen LogP contribution in [0.25, 0.3) is 17.0 Å². The van der Waals surface area contributed by atoms with Crippen LogP contribution >= 0.6 is 11.8 Å². The number of thioether (sulfide) groups is 1. The molecule has 3 aromatic rings. The molecule has 0 spiro atoms. The lowest BCUT2D eigenvalue weighted by Crippen LogP contribution is -2.36. The first-order chi connectivity index (χ1) is 19.0. The molecular weight excluding hydrogens is 540 g/mol. The van der Waals surface area contributed by atoms with Crippen LogP contribution in [-0.2, 0) is 16.7 Å². The van der Waals surface area contributed by atoms with Crippen LogP contribution in [0, 0.1) is 5.41 Å². The van der Waals surface area contributed by atoms with Crippen molar-refractivity contribution in [3.63, 3.8) is 0 Å². The van der Waals surface area contributed by atoms with Gasteiger partial charge in [-0.15, -0.1) is 0 Å². The Morgan fingerprint density at radius 2 is 1.90 bits per heavy atom. The molecule has 2 aliphatic rings. The molecule has 2 aromatic carbocycles. The molecule has 1 aliphatic carbocycles. The summed E-state index contributed by atoms with van der Waals surface area (Å²) in [7, 11) is -2.30. The van der Waals surface area contributed by atoms with E-state index in [0.29, 0.717) is 13.0 Å². The fourth-order valence-corrected chi connectivity index (χ4v) is 7.42. The Morgan fingerprint density at radius 1 is 1.10 bits per heavy atom. The van der Waals surface area contributed by atoms with Gasteiger partial charge in [-0.05, 0) is 79.2 Å². The summed E-state index contributed by atoms with van der Waals surface area (Å²) in [5.41, 5.74) is 6.07. The summed E-state index contributed by atoms with van der Waals surface area (Å²) in [5, 5.41) is 2.24. The van der Waals surface area contributed by atoms with Crippen molar-refractivity contribution in [1.29, 1.82) is 0 Å². The zero-order chi connectivity index (χ0) is 28.5. The van der Waals surface area contributed by atoms with E-state index in [-0.39, 0.29) is 11.2 Å². The van der Waals surface area contributed by atoms with E-state index in [2.05, 4.69) is 84.9 Å². The second kappa shape index (κ2) is 11.4. The van der Waals surface area contributed by atoms with Gasteiger partial charge >= 0.3 is 0 Å². The Kier molecular flexibility index (Phi) is 8.13. The molecule has 1 aliphatic heterocycles. The number of anilines is 1. The van der Waals surface area contributed by atoms with E-state index in [9.17, 15) is 13.0 Å².